The number of carbonyl (C=O) groups excluding carboxylic acids is 1. The van der Waals surface area contributed by atoms with Crippen LogP contribution in [-0.4, -0.2) is 49.7 Å². The van der Waals surface area contributed by atoms with Gasteiger partial charge in [-0.15, -0.1) is 0 Å². The summed E-state index contributed by atoms with van der Waals surface area (Å²) in [5.74, 6) is 0.476. The summed E-state index contributed by atoms with van der Waals surface area (Å²) in [4.78, 5) is 29.8. The number of carboxylic acid groups (broad SMARTS) is 1. The van der Waals surface area contributed by atoms with Crippen molar-refractivity contribution < 1.29 is 14.7 Å². The SMILES string of the molecule is Cc1nc(C)n(-c2ccc(C(=O)N3CCC(C)(C(=O)O)C3)cc2)n1. The molecule has 1 saturated heterocycles. The molecule has 7 heteroatoms. The Bertz CT molecular complexity index is 797. The minimum absolute atomic E-state index is 0.141. The lowest BCUT2D eigenvalue weighted by Crippen LogP contribution is -2.34. The fourth-order valence-corrected chi connectivity index (χ4v) is 3.00. The van der Waals surface area contributed by atoms with E-state index < -0.39 is 11.4 Å². The lowest BCUT2D eigenvalue weighted by molar-refractivity contribution is -0.147. The number of nitrogens with zero attached hydrogens (tertiary/aromatic N) is 4. The zero-order chi connectivity index (χ0) is 17.5. The normalized spacial score (nSPS) is 20.4. The third kappa shape index (κ3) is 2.77. The highest BCUT2D eigenvalue weighted by Crippen LogP contribution is 2.31. The molecule has 1 aromatic carbocycles. The van der Waals surface area contributed by atoms with Crippen molar-refractivity contribution in [2.24, 2.45) is 5.41 Å². The molecule has 7 nitrogen and oxygen atoms in total. The Morgan fingerprint density at radius 2 is 1.88 bits per heavy atom. The van der Waals surface area contributed by atoms with Gasteiger partial charge in [0.15, 0.2) is 0 Å². The highest BCUT2D eigenvalue weighted by molar-refractivity contribution is 5.95. The number of aliphatic carboxylic acids is 1. The first kappa shape index (κ1) is 16.2. The van der Waals surface area contributed by atoms with Crippen molar-refractivity contribution in [3.63, 3.8) is 0 Å². The molecule has 1 atom stereocenters. The van der Waals surface area contributed by atoms with Crippen molar-refractivity contribution in [3.8, 4) is 5.69 Å². The van der Waals surface area contributed by atoms with Gasteiger partial charge >= 0.3 is 5.97 Å². The summed E-state index contributed by atoms with van der Waals surface area (Å²) in [5, 5.41) is 13.6. The molecule has 1 aliphatic heterocycles. The highest BCUT2D eigenvalue weighted by atomic mass is 16.4. The molecule has 2 heterocycles. The maximum absolute atomic E-state index is 12.6. The molecule has 2 aromatic rings. The van der Waals surface area contributed by atoms with E-state index in [-0.39, 0.29) is 12.5 Å². The van der Waals surface area contributed by atoms with E-state index in [2.05, 4.69) is 10.1 Å². The molecule has 24 heavy (non-hydrogen) atoms. The van der Waals surface area contributed by atoms with Gasteiger partial charge in [-0.2, -0.15) is 5.10 Å². The first-order valence-corrected chi connectivity index (χ1v) is 7.83. The van der Waals surface area contributed by atoms with Crippen LogP contribution in [0.4, 0.5) is 0 Å². The average Bonchev–Trinajstić information content (AvgIpc) is 3.10. The molecular weight excluding hydrogens is 308 g/mol. The summed E-state index contributed by atoms with van der Waals surface area (Å²) in [7, 11) is 0. The van der Waals surface area contributed by atoms with E-state index in [1.807, 2.05) is 26.0 Å². The summed E-state index contributed by atoms with van der Waals surface area (Å²) in [5.41, 5.74) is 0.523. The summed E-state index contributed by atoms with van der Waals surface area (Å²) >= 11 is 0. The Kier molecular flexibility index (Phi) is 3.87. The Morgan fingerprint density at radius 3 is 2.38 bits per heavy atom. The van der Waals surface area contributed by atoms with Crippen LogP contribution >= 0.6 is 0 Å². The van der Waals surface area contributed by atoms with Gasteiger partial charge in [-0.05, 0) is 51.5 Å². The summed E-state index contributed by atoms with van der Waals surface area (Å²) in [6, 6.07) is 7.12. The van der Waals surface area contributed by atoms with Gasteiger partial charge in [0.05, 0.1) is 11.1 Å². The van der Waals surface area contributed by atoms with Gasteiger partial charge < -0.3 is 10.0 Å². The summed E-state index contributed by atoms with van der Waals surface area (Å²) in [6.07, 6.45) is 0.476. The Labute approximate surface area is 139 Å². The van der Waals surface area contributed by atoms with Crippen molar-refractivity contribution in [2.75, 3.05) is 13.1 Å². The third-order valence-corrected chi connectivity index (χ3v) is 4.51. The molecule has 1 unspecified atom stereocenters. The zero-order valence-electron chi connectivity index (χ0n) is 14.0. The number of hydrogen-bond acceptors (Lipinski definition) is 4. The van der Waals surface area contributed by atoms with Crippen LogP contribution in [0, 0.1) is 19.3 Å². The molecule has 0 saturated carbocycles. The van der Waals surface area contributed by atoms with Crippen molar-refractivity contribution in [2.45, 2.75) is 27.2 Å². The van der Waals surface area contributed by atoms with Crippen LogP contribution in [0.5, 0.6) is 0 Å². The first-order valence-electron chi connectivity index (χ1n) is 7.83. The van der Waals surface area contributed by atoms with Crippen LogP contribution in [-0.2, 0) is 4.79 Å². The van der Waals surface area contributed by atoms with Crippen LogP contribution in [0.3, 0.4) is 0 Å². The third-order valence-electron chi connectivity index (χ3n) is 4.51. The van der Waals surface area contributed by atoms with E-state index in [0.29, 0.717) is 24.4 Å². The van der Waals surface area contributed by atoms with E-state index in [0.717, 1.165) is 11.5 Å². The maximum atomic E-state index is 12.6. The lowest BCUT2D eigenvalue weighted by atomic mass is 9.90. The molecule has 0 bridgehead atoms. The summed E-state index contributed by atoms with van der Waals surface area (Å²) in [6.45, 7) is 6.08. The van der Waals surface area contributed by atoms with Crippen molar-refractivity contribution in [1.82, 2.24) is 19.7 Å². The molecule has 1 fully saturated rings. The number of carboxylic acids is 1. The number of aromatic nitrogens is 3. The van der Waals surface area contributed by atoms with Gasteiger partial charge in [-0.25, -0.2) is 9.67 Å². The first-order chi connectivity index (χ1) is 11.3. The van der Waals surface area contributed by atoms with Gasteiger partial charge in [0.1, 0.15) is 11.6 Å². The fourth-order valence-electron chi connectivity index (χ4n) is 3.00. The molecule has 0 radical (unpaired) electrons. The molecular formula is C17H20N4O3. The topological polar surface area (TPSA) is 88.3 Å². The smallest absolute Gasteiger partial charge is 0.311 e. The number of carbonyl (C=O) groups is 2. The van der Waals surface area contributed by atoms with E-state index in [1.54, 1.807) is 28.6 Å². The molecule has 3 rings (SSSR count). The fraction of sp³-hybridized carbons (Fsp3) is 0.412. The van der Waals surface area contributed by atoms with Gasteiger partial charge in [-0.1, -0.05) is 0 Å². The Balaban J connectivity index is 1.78. The number of likely N-dealkylation sites (tertiary alicyclic amines) is 1. The number of amides is 1. The van der Waals surface area contributed by atoms with Crippen LogP contribution in [0.15, 0.2) is 24.3 Å². The second-order valence-corrected chi connectivity index (χ2v) is 6.51. The minimum Gasteiger partial charge on any atom is -0.481 e. The van der Waals surface area contributed by atoms with Gasteiger partial charge in [0.25, 0.3) is 5.91 Å². The van der Waals surface area contributed by atoms with E-state index in [4.69, 9.17) is 0 Å². The second-order valence-electron chi connectivity index (χ2n) is 6.51. The molecule has 126 valence electrons. The monoisotopic (exact) mass is 328 g/mol. The molecule has 1 aromatic heterocycles. The molecule has 1 amide bonds. The standard InChI is InChI=1S/C17H20N4O3/c1-11-18-12(2)21(19-11)14-6-4-13(5-7-14)15(22)20-9-8-17(3,10-20)16(23)24/h4-7H,8-10H2,1-3H3,(H,23,24). The van der Waals surface area contributed by atoms with Crippen LogP contribution in [0.25, 0.3) is 5.69 Å². The lowest BCUT2D eigenvalue weighted by Gasteiger charge is -2.20. The number of hydrogen-bond donors (Lipinski definition) is 1. The number of benzene rings is 1. The van der Waals surface area contributed by atoms with Gasteiger partial charge in [0.2, 0.25) is 0 Å². The van der Waals surface area contributed by atoms with Gasteiger partial charge in [-0.3, -0.25) is 9.59 Å². The van der Waals surface area contributed by atoms with Crippen LogP contribution < -0.4 is 0 Å². The maximum Gasteiger partial charge on any atom is 0.311 e. The number of aryl methyl sites for hydroxylation is 2. The van der Waals surface area contributed by atoms with Gasteiger partial charge in [0, 0.05) is 18.7 Å². The Morgan fingerprint density at radius 1 is 1.21 bits per heavy atom. The molecule has 0 aliphatic carbocycles. The van der Waals surface area contributed by atoms with E-state index >= 15 is 0 Å². The highest BCUT2D eigenvalue weighted by Gasteiger charge is 2.42. The van der Waals surface area contributed by atoms with E-state index in [1.165, 1.54) is 0 Å². The predicted molar refractivity (Wildman–Crippen MR) is 87.1 cm³/mol. The van der Waals surface area contributed by atoms with E-state index in [9.17, 15) is 14.7 Å². The summed E-state index contributed by atoms with van der Waals surface area (Å²) < 4.78 is 1.72. The van der Waals surface area contributed by atoms with Crippen molar-refractivity contribution in [3.05, 3.63) is 41.5 Å². The molecule has 0 spiro atoms. The second kappa shape index (κ2) is 5.74. The zero-order valence-corrected chi connectivity index (χ0v) is 14.0. The van der Waals surface area contributed by atoms with Crippen molar-refractivity contribution >= 4 is 11.9 Å². The predicted octanol–water partition coefficient (Wildman–Crippen LogP) is 1.82. The van der Waals surface area contributed by atoms with Crippen molar-refractivity contribution in [1.29, 1.82) is 0 Å². The largest absolute Gasteiger partial charge is 0.481 e. The van der Waals surface area contributed by atoms with Crippen LogP contribution in [0.2, 0.25) is 0 Å². The quantitative estimate of drug-likeness (QED) is 0.928. The molecule has 1 aliphatic rings. The Hall–Kier alpha value is -2.70. The minimum atomic E-state index is -0.856. The number of rotatable bonds is 3. The molecule has 1 N–H and O–H groups in total. The van der Waals surface area contributed by atoms with Crippen LogP contribution in [0.1, 0.15) is 35.4 Å². The average molecular weight is 328 g/mol.